The number of ether oxygens (including phenoxy) is 1. The number of benzene rings is 3. The molecule has 0 unspecified atom stereocenters. The van der Waals surface area contributed by atoms with Crippen molar-refractivity contribution >= 4 is 53.0 Å². The third-order valence-electron chi connectivity index (χ3n) is 8.90. The standard InChI is InChI=1S/C38H40ClN5O4Si/c1-25-22-44(23-26(2)47-25)35-31(24-46-49(38(3,4)5,29-15-8-6-9-16-29)30-17-10-7-11-18-30)42-33-34(43-48-36(33)32(35)39)37(45)41-21-28-14-12-13-27(19-28)20-40/h6-19,25-26H,21-24H2,1-5H3,(H,41,45)/t25-,26+. The van der Waals surface area contributed by atoms with E-state index in [4.69, 9.17) is 30.3 Å². The van der Waals surface area contributed by atoms with Crippen molar-refractivity contribution in [2.45, 2.75) is 65.0 Å². The number of halogens is 1. The van der Waals surface area contributed by atoms with Crippen LogP contribution in [0.5, 0.6) is 0 Å². The summed E-state index contributed by atoms with van der Waals surface area (Å²) in [5, 5.41) is 18.6. The van der Waals surface area contributed by atoms with Crippen molar-refractivity contribution in [2.75, 3.05) is 18.0 Å². The largest absolute Gasteiger partial charge is 0.401 e. The molecule has 49 heavy (non-hydrogen) atoms. The van der Waals surface area contributed by atoms with Crippen LogP contribution in [-0.4, -0.2) is 49.7 Å². The summed E-state index contributed by atoms with van der Waals surface area (Å²) >= 11 is 7.21. The van der Waals surface area contributed by atoms with Crippen molar-refractivity contribution in [1.29, 1.82) is 5.26 Å². The summed E-state index contributed by atoms with van der Waals surface area (Å²) in [6.07, 6.45) is -0.0897. The molecule has 5 aromatic rings. The lowest BCUT2D eigenvalue weighted by molar-refractivity contribution is -0.00532. The van der Waals surface area contributed by atoms with E-state index in [0.717, 1.165) is 15.9 Å². The predicted molar refractivity (Wildman–Crippen MR) is 194 cm³/mol. The van der Waals surface area contributed by atoms with E-state index in [1.807, 2.05) is 32.0 Å². The molecule has 3 heterocycles. The molecule has 1 aliphatic heterocycles. The fourth-order valence-electron chi connectivity index (χ4n) is 6.84. The van der Waals surface area contributed by atoms with E-state index < -0.39 is 14.2 Å². The normalized spacial score (nSPS) is 16.8. The Balaban J connectivity index is 1.45. The fourth-order valence-corrected chi connectivity index (χ4v) is 11.7. The minimum atomic E-state index is -2.96. The molecule has 0 aliphatic carbocycles. The molecule has 0 radical (unpaired) electrons. The number of rotatable bonds is 9. The quantitative estimate of drug-likeness (QED) is 0.177. The highest BCUT2D eigenvalue weighted by molar-refractivity contribution is 6.99. The van der Waals surface area contributed by atoms with E-state index in [1.165, 1.54) is 0 Å². The number of carbonyl (C=O) groups is 1. The molecule has 0 saturated carbocycles. The van der Waals surface area contributed by atoms with Gasteiger partial charge in [-0.2, -0.15) is 5.26 Å². The second kappa shape index (κ2) is 14.1. The van der Waals surface area contributed by atoms with Crippen LogP contribution in [0.1, 0.15) is 61.9 Å². The molecule has 11 heteroatoms. The average Bonchev–Trinajstić information content (AvgIpc) is 3.52. The molecule has 1 fully saturated rings. The lowest BCUT2D eigenvalue weighted by atomic mass is 10.1. The number of hydrogen-bond acceptors (Lipinski definition) is 8. The van der Waals surface area contributed by atoms with E-state index in [1.54, 1.807) is 18.2 Å². The zero-order chi connectivity index (χ0) is 34.8. The molecule has 1 aliphatic rings. The van der Waals surface area contributed by atoms with Crippen molar-refractivity contribution in [2.24, 2.45) is 0 Å². The number of nitriles is 1. The molecular weight excluding hydrogens is 654 g/mol. The van der Waals surface area contributed by atoms with Crippen LogP contribution in [0, 0.1) is 11.3 Å². The van der Waals surface area contributed by atoms with Gasteiger partial charge in [0.1, 0.15) is 10.5 Å². The van der Waals surface area contributed by atoms with Gasteiger partial charge in [0.15, 0.2) is 5.69 Å². The van der Waals surface area contributed by atoms with Crippen LogP contribution >= 0.6 is 11.6 Å². The SMILES string of the molecule is C[C@@H]1CN(c2c(CO[Si](c3ccccc3)(c3ccccc3)C(C)(C)C)nc3c(C(=O)NCc4cccc(C#N)c4)noc3c2Cl)C[C@H](C)O1. The van der Waals surface area contributed by atoms with Gasteiger partial charge in [0, 0.05) is 19.6 Å². The van der Waals surface area contributed by atoms with Gasteiger partial charge in [0.2, 0.25) is 5.58 Å². The van der Waals surface area contributed by atoms with Gasteiger partial charge in [-0.25, -0.2) is 4.98 Å². The number of pyridine rings is 1. The van der Waals surface area contributed by atoms with Crippen LogP contribution in [0.2, 0.25) is 10.1 Å². The topological polar surface area (TPSA) is 114 Å². The van der Waals surface area contributed by atoms with Crippen molar-refractivity contribution < 1.29 is 18.5 Å². The molecule has 1 saturated heterocycles. The maximum absolute atomic E-state index is 13.5. The zero-order valence-electron chi connectivity index (χ0n) is 28.4. The van der Waals surface area contributed by atoms with Crippen molar-refractivity contribution in [3.05, 3.63) is 112 Å². The lowest BCUT2D eigenvalue weighted by Crippen LogP contribution is -2.66. The molecule has 9 nitrogen and oxygen atoms in total. The number of anilines is 1. The molecule has 0 spiro atoms. The summed E-state index contributed by atoms with van der Waals surface area (Å²) in [7, 11) is -2.96. The fraction of sp³-hybridized carbons (Fsp3) is 0.316. The van der Waals surface area contributed by atoms with Crippen molar-refractivity contribution in [3.63, 3.8) is 0 Å². The number of aromatic nitrogens is 2. The Labute approximate surface area is 292 Å². The Morgan fingerprint density at radius 3 is 2.24 bits per heavy atom. The van der Waals surface area contributed by atoms with Gasteiger partial charge < -0.3 is 23.9 Å². The van der Waals surface area contributed by atoms with E-state index in [-0.39, 0.29) is 47.2 Å². The van der Waals surface area contributed by atoms with Gasteiger partial charge in [-0.05, 0) is 47.0 Å². The highest BCUT2D eigenvalue weighted by Crippen LogP contribution is 2.41. The first-order valence-electron chi connectivity index (χ1n) is 16.4. The van der Waals surface area contributed by atoms with Crippen LogP contribution < -0.4 is 20.6 Å². The molecule has 1 N–H and O–H groups in total. The Hall–Kier alpha value is -4.53. The van der Waals surface area contributed by atoms with E-state index in [9.17, 15) is 10.1 Å². The molecule has 0 bridgehead atoms. The summed E-state index contributed by atoms with van der Waals surface area (Å²) in [6.45, 7) is 12.2. The molecule has 1 amide bonds. The number of amides is 1. The van der Waals surface area contributed by atoms with Gasteiger partial charge in [-0.15, -0.1) is 0 Å². The maximum Gasteiger partial charge on any atom is 0.276 e. The van der Waals surface area contributed by atoms with E-state index >= 15 is 0 Å². The Bertz CT molecular complexity index is 1940. The predicted octanol–water partition coefficient (Wildman–Crippen LogP) is 6.37. The summed E-state index contributed by atoms with van der Waals surface area (Å²) < 4.78 is 19.1. The third-order valence-corrected chi connectivity index (χ3v) is 14.2. The summed E-state index contributed by atoms with van der Waals surface area (Å²) in [4.78, 5) is 20.8. The van der Waals surface area contributed by atoms with Crippen LogP contribution in [0.4, 0.5) is 5.69 Å². The number of nitrogens with one attached hydrogen (secondary N) is 1. The Morgan fingerprint density at radius 2 is 1.65 bits per heavy atom. The molecule has 252 valence electrons. The first-order chi connectivity index (χ1) is 23.5. The number of carbonyl (C=O) groups excluding carboxylic acids is 1. The Kier molecular flexibility index (Phi) is 9.91. The van der Waals surface area contributed by atoms with Gasteiger partial charge in [-0.1, -0.05) is 110 Å². The lowest BCUT2D eigenvalue weighted by Gasteiger charge is -2.43. The van der Waals surface area contributed by atoms with Crippen LogP contribution in [0.3, 0.4) is 0 Å². The minimum Gasteiger partial charge on any atom is -0.401 e. The van der Waals surface area contributed by atoms with Crippen molar-refractivity contribution in [1.82, 2.24) is 15.5 Å². The summed E-state index contributed by atoms with van der Waals surface area (Å²) in [5.74, 6) is -0.468. The van der Waals surface area contributed by atoms with Gasteiger partial charge in [0.05, 0.1) is 41.8 Å². The number of nitrogens with zero attached hydrogens (tertiary/aromatic N) is 4. The van der Waals surface area contributed by atoms with Crippen LogP contribution in [0.15, 0.2) is 89.5 Å². The molecule has 2 aromatic heterocycles. The summed E-state index contributed by atoms with van der Waals surface area (Å²) in [5.41, 5.74) is 3.08. The Morgan fingerprint density at radius 1 is 1.02 bits per heavy atom. The van der Waals surface area contributed by atoms with Gasteiger partial charge in [-0.3, -0.25) is 4.79 Å². The number of hydrogen-bond donors (Lipinski definition) is 1. The molecule has 2 atom stereocenters. The zero-order valence-corrected chi connectivity index (χ0v) is 30.1. The first-order valence-corrected chi connectivity index (χ1v) is 18.7. The molecule has 6 rings (SSSR count). The van der Waals surface area contributed by atoms with Gasteiger partial charge in [0.25, 0.3) is 14.2 Å². The highest BCUT2D eigenvalue weighted by Gasteiger charge is 2.50. The van der Waals surface area contributed by atoms with Gasteiger partial charge >= 0.3 is 0 Å². The second-order valence-corrected chi connectivity index (χ2v) is 18.2. The second-order valence-electron chi connectivity index (χ2n) is 13.5. The number of morpholine rings is 1. The third kappa shape index (κ3) is 6.85. The highest BCUT2D eigenvalue weighted by atomic mass is 35.5. The smallest absolute Gasteiger partial charge is 0.276 e. The van der Waals surface area contributed by atoms with Crippen LogP contribution in [-0.2, 0) is 22.3 Å². The summed E-state index contributed by atoms with van der Waals surface area (Å²) in [6, 6.07) is 30.0. The minimum absolute atomic E-state index is 0.0234. The van der Waals surface area contributed by atoms with E-state index in [2.05, 4.69) is 90.7 Å². The molecular formula is C38H40ClN5O4Si. The van der Waals surface area contributed by atoms with E-state index in [0.29, 0.717) is 35.1 Å². The maximum atomic E-state index is 13.5. The van der Waals surface area contributed by atoms with Crippen molar-refractivity contribution in [3.8, 4) is 6.07 Å². The first kappa shape index (κ1) is 34.3. The monoisotopic (exact) mass is 693 g/mol. The molecule has 3 aromatic carbocycles. The average molecular weight is 694 g/mol. The number of fused-ring (bicyclic) bond motifs is 1. The van der Waals surface area contributed by atoms with Crippen LogP contribution in [0.25, 0.3) is 11.1 Å².